The molecule has 23 heavy (non-hydrogen) atoms. The summed E-state index contributed by atoms with van der Waals surface area (Å²) in [7, 11) is 1.73. The van der Waals surface area contributed by atoms with Crippen molar-refractivity contribution in [2.75, 3.05) is 27.9 Å². The van der Waals surface area contributed by atoms with Crippen molar-refractivity contribution in [3.05, 3.63) is 0 Å². The summed E-state index contributed by atoms with van der Waals surface area (Å²) in [6.45, 7) is 4.35. The third-order valence-electron chi connectivity index (χ3n) is 4.48. The highest BCUT2D eigenvalue weighted by atomic mass is 28.4. The van der Waals surface area contributed by atoms with Crippen molar-refractivity contribution in [3.8, 4) is 0 Å². The molecule has 0 saturated heterocycles. The Labute approximate surface area is 138 Å². The Hall–Kier alpha value is -1.00. The van der Waals surface area contributed by atoms with Gasteiger partial charge in [-0.05, 0) is 25.8 Å². The minimum atomic E-state index is -2.93. The van der Waals surface area contributed by atoms with Gasteiger partial charge in [0, 0.05) is 26.4 Å². The van der Waals surface area contributed by atoms with E-state index in [0.29, 0.717) is 13.0 Å². The van der Waals surface area contributed by atoms with E-state index in [1.165, 1.54) is 0 Å². The summed E-state index contributed by atoms with van der Waals surface area (Å²) in [4.78, 5) is 21.8. The average Bonchev–Trinajstić information content (AvgIpc) is 2.53. The van der Waals surface area contributed by atoms with Crippen LogP contribution in [0.25, 0.3) is 0 Å². The van der Waals surface area contributed by atoms with E-state index < -0.39 is 33.2 Å². The topological polar surface area (TPSA) is 114 Å². The summed E-state index contributed by atoms with van der Waals surface area (Å²) >= 11 is 0. The summed E-state index contributed by atoms with van der Waals surface area (Å²) in [5, 5.41) is 20.3. The first-order valence-electron chi connectivity index (χ1n) is 7.61. The van der Waals surface area contributed by atoms with Gasteiger partial charge in [0.25, 0.3) is 0 Å². The summed E-state index contributed by atoms with van der Waals surface area (Å²) < 4.78 is 16.8. The molecular weight excluding hydrogens is 322 g/mol. The molecule has 0 radical (unpaired) electrons. The monoisotopic (exact) mass is 351 g/mol. The number of hydrogen-bond donors (Lipinski definition) is 3. The average molecular weight is 351 g/mol. The van der Waals surface area contributed by atoms with Crippen LogP contribution < -0.4 is 5.32 Å². The van der Waals surface area contributed by atoms with Crippen molar-refractivity contribution in [3.63, 3.8) is 0 Å². The van der Waals surface area contributed by atoms with Crippen molar-refractivity contribution >= 4 is 20.7 Å². The quantitative estimate of drug-likeness (QED) is 0.426. The molecule has 0 aromatic heterocycles. The van der Waals surface area contributed by atoms with E-state index in [4.69, 9.17) is 23.5 Å². The molecular formula is C14H29NO7Si. The van der Waals surface area contributed by atoms with Gasteiger partial charge in [-0.1, -0.05) is 13.8 Å². The summed E-state index contributed by atoms with van der Waals surface area (Å²) in [5.74, 6) is -2.34. The second kappa shape index (κ2) is 9.99. The maximum Gasteiger partial charge on any atom is 0.506 e. The number of carbonyl (C=O) groups is 2. The van der Waals surface area contributed by atoms with Crippen LogP contribution in [0.4, 0.5) is 0 Å². The molecule has 0 aromatic rings. The van der Waals surface area contributed by atoms with Gasteiger partial charge in [-0.3, -0.25) is 9.59 Å². The minimum Gasteiger partial charge on any atom is -0.481 e. The molecule has 0 spiro atoms. The van der Waals surface area contributed by atoms with Crippen LogP contribution in [0.5, 0.6) is 0 Å². The lowest BCUT2D eigenvalue weighted by Gasteiger charge is -2.43. The van der Waals surface area contributed by atoms with E-state index in [-0.39, 0.29) is 5.04 Å². The van der Waals surface area contributed by atoms with Gasteiger partial charge in [-0.25, -0.2) is 0 Å². The fourth-order valence-electron chi connectivity index (χ4n) is 3.00. The first-order valence-corrected chi connectivity index (χ1v) is 9.33. The molecule has 0 fully saturated rings. The molecule has 0 bridgehead atoms. The number of aliphatic carboxylic acids is 2. The molecule has 0 aliphatic heterocycles. The molecule has 0 saturated carbocycles. The zero-order chi connectivity index (χ0) is 18.1. The van der Waals surface area contributed by atoms with Gasteiger partial charge in [0.05, 0.1) is 6.42 Å². The van der Waals surface area contributed by atoms with Crippen LogP contribution in [0, 0.1) is 0 Å². The van der Waals surface area contributed by atoms with E-state index in [2.05, 4.69) is 5.32 Å². The van der Waals surface area contributed by atoms with E-state index in [1.54, 1.807) is 21.3 Å². The SMILES string of the molecule is CCC(CC)(CCNC(CC(=O)O)C(=O)O)[Si](OC)(OC)OC. The van der Waals surface area contributed by atoms with Gasteiger partial charge >= 0.3 is 20.7 Å². The smallest absolute Gasteiger partial charge is 0.481 e. The second-order valence-corrected chi connectivity index (χ2v) is 8.75. The van der Waals surface area contributed by atoms with Crippen LogP contribution in [0.1, 0.15) is 39.5 Å². The largest absolute Gasteiger partial charge is 0.506 e. The van der Waals surface area contributed by atoms with Crippen molar-refractivity contribution in [1.29, 1.82) is 0 Å². The lowest BCUT2D eigenvalue weighted by molar-refractivity contribution is -0.145. The summed E-state index contributed by atoms with van der Waals surface area (Å²) in [6, 6.07) is -1.12. The first-order chi connectivity index (χ1) is 10.8. The highest BCUT2D eigenvalue weighted by molar-refractivity contribution is 6.64. The van der Waals surface area contributed by atoms with Crippen molar-refractivity contribution in [1.82, 2.24) is 5.32 Å². The molecule has 0 aliphatic rings. The third kappa shape index (κ3) is 5.25. The number of rotatable bonds is 13. The molecule has 0 aromatic carbocycles. The molecule has 8 nitrogen and oxygen atoms in total. The van der Waals surface area contributed by atoms with Gasteiger partial charge in [0.15, 0.2) is 0 Å². The molecule has 1 unspecified atom stereocenters. The van der Waals surface area contributed by atoms with E-state index in [9.17, 15) is 9.59 Å². The van der Waals surface area contributed by atoms with Crippen LogP contribution in [0.3, 0.4) is 0 Å². The highest BCUT2D eigenvalue weighted by Gasteiger charge is 2.57. The summed E-state index contributed by atoms with van der Waals surface area (Å²) in [5.41, 5.74) is 0. The van der Waals surface area contributed by atoms with E-state index >= 15 is 0 Å². The van der Waals surface area contributed by atoms with Crippen molar-refractivity contribution in [2.45, 2.75) is 50.6 Å². The van der Waals surface area contributed by atoms with Gasteiger partial charge in [-0.15, -0.1) is 0 Å². The Kier molecular flexibility index (Phi) is 9.55. The van der Waals surface area contributed by atoms with Gasteiger partial charge < -0.3 is 28.8 Å². The molecule has 1 atom stereocenters. The van der Waals surface area contributed by atoms with Gasteiger partial charge in [0.2, 0.25) is 0 Å². The van der Waals surface area contributed by atoms with Crippen molar-refractivity contribution in [2.24, 2.45) is 0 Å². The lowest BCUT2D eigenvalue weighted by Crippen LogP contribution is -2.55. The van der Waals surface area contributed by atoms with Gasteiger partial charge in [-0.2, -0.15) is 0 Å². The standard InChI is InChI=1S/C14H29NO7Si/c1-6-14(7-2,23(20-3,21-4)22-5)8-9-15-11(13(18)19)10-12(16)17/h11,15H,6-10H2,1-5H3,(H,16,17)(H,18,19). The Morgan fingerprint density at radius 2 is 1.57 bits per heavy atom. The van der Waals surface area contributed by atoms with Crippen molar-refractivity contribution < 1.29 is 33.1 Å². The van der Waals surface area contributed by atoms with Crippen LogP contribution in [0.2, 0.25) is 5.04 Å². The zero-order valence-electron chi connectivity index (χ0n) is 14.5. The predicted octanol–water partition coefficient (Wildman–Crippen LogP) is 1.33. The first kappa shape index (κ1) is 22.0. The molecule has 3 N–H and O–H groups in total. The minimum absolute atomic E-state index is 0.330. The van der Waals surface area contributed by atoms with Crippen LogP contribution in [0.15, 0.2) is 0 Å². The number of nitrogens with one attached hydrogen (secondary N) is 1. The fraction of sp³-hybridized carbons (Fsp3) is 0.857. The Morgan fingerprint density at radius 3 is 1.87 bits per heavy atom. The van der Waals surface area contributed by atoms with Gasteiger partial charge in [0.1, 0.15) is 6.04 Å². The normalized spacial score (nSPS) is 13.8. The van der Waals surface area contributed by atoms with Crippen LogP contribution in [-0.2, 0) is 22.9 Å². The molecule has 0 heterocycles. The molecule has 9 heteroatoms. The lowest BCUT2D eigenvalue weighted by atomic mass is 9.97. The maximum absolute atomic E-state index is 11.1. The Morgan fingerprint density at radius 1 is 1.09 bits per heavy atom. The highest BCUT2D eigenvalue weighted by Crippen LogP contribution is 2.48. The van der Waals surface area contributed by atoms with Crippen LogP contribution >= 0.6 is 0 Å². The maximum atomic E-state index is 11.1. The summed E-state index contributed by atoms with van der Waals surface area (Å²) in [6.07, 6.45) is 1.57. The third-order valence-corrected chi connectivity index (χ3v) is 8.35. The fourth-order valence-corrected chi connectivity index (χ4v) is 6.09. The Bertz CT molecular complexity index is 375. The van der Waals surface area contributed by atoms with E-state index in [1.807, 2.05) is 13.8 Å². The van der Waals surface area contributed by atoms with E-state index in [0.717, 1.165) is 12.8 Å². The molecule has 0 amide bonds. The number of hydrogen-bond acceptors (Lipinski definition) is 6. The molecule has 0 rings (SSSR count). The number of carboxylic acid groups (broad SMARTS) is 2. The molecule has 0 aliphatic carbocycles. The zero-order valence-corrected chi connectivity index (χ0v) is 15.5. The predicted molar refractivity (Wildman–Crippen MR) is 86.4 cm³/mol. The van der Waals surface area contributed by atoms with Crippen LogP contribution in [-0.4, -0.2) is 64.9 Å². The number of carboxylic acids is 2. The second-order valence-electron chi connectivity index (χ2n) is 5.35. The molecule has 136 valence electrons. The Balaban J connectivity index is 5.08.